The standard InChI is InChI=1S/C18H22N6O2/c1-4-22(5-2)11-15(25)21-24-13(3)20-17-16(18(24)26)19-12-23(17)14-9-7-6-8-10-14/h6-10,12H,4-5,11H2,1-3H3,(H,21,25)/p+1. The van der Waals surface area contributed by atoms with E-state index < -0.39 is 0 Å². The number of quaternary nitrogens is 1. The minimum Gasteiger partial charge on any atom is -0.328 e. The Labute approximate surface area is 151 Å². The molecule has 2 N–H and O–H groups in total. The number of aromatic nitrogens is 4. The largest absolute Gasteiger partial charge is 0.328 e. The summed E-state index contributed by atoms with van der Waals surface area (Å²) in [7, 11) is 0. The Morgan fingerprint density at radius 3 is 2.54 bits per heavy atom. The van der Waals surface area contributed by atoms with E-state index in [2.05, 4.69) is 15.4 Å². The predicted octanol–water partition coefficient (Wildman–Crippen LogP) is -0.115. The summed E-state index contributed by atoms with van der Waals surface area (Å²) >= 11 is 0. The van der Waals surface area contributed by atoms with Crippen LogP contribution in [0.5, 0.6) is 0 Å². The van der Waals surface area contributed by atoms with Crippen LogP contribution in [0.25, 0.3) is 16.9 Å². The van der Waals surface area contributed by atoms with Crippen LogP contribution >= 0.6 is 0 Å². The van der Waals surface area contributed by atoms with Gasteiger partial charge in [-0.05, 0) is 32.9 Å². The third kappa shape index (κ3) is 3.36. The van der Waals surface area contributed by atoms with E-state index in [4.69, 9.17) is 0 Å². The van der Waals surface area contributed by atoms with Crippen molar-refractivity contribution in [3.63, 3.8) is 0 Å². The number of para-hydroxylation sites is 1. The summed E-state index contributed by atoms with van der Waals surface area (Å²) in [4.78, 5) is 34.9. The van der Waals surface area contributed by atoms with Crippen molar-refractivity contribution in [1.29, 1.82) is 0 Å². The molecule has 8 heteroatoms. The van der Waals surface area contributed by atoms with E-state index in [0.29, 0.717) is 18.0 Å². The van der Waals surface area contributed by atoms with Gasteiger partial charge in [-0.15, -0.1) is 0 Å². The zero-order valence-corrected chi connectivity index (χ0v) is 15.2. The average Bonchev–Trinajstić information content (AvgIpc) is 3.07. The molecule has 2 heterocycles. The molecule has 1 amide bonds. The van der Waals surface area contributed by atoms with Gasteiger partial charge < -0.3 is 4.90 Å². The van der Waals surface area contributed by atoms with Crippen LogP contribution in [0, 0.1) is 6.92 Å². The molecular weight excluding hydrogens is 332 g/mol. The molecule has 0 spiro atoms. The first-order valence-corrected chi connectivity index (χ1v) is 8.70. The van der Waals surface area contributed by atoms with Gasteiger partial charge in [0.1, 0.15) is 12.2 Å². The van der Waals surface area contributed by atoms with Gasteiger partial charge in [-0.3, -0.25) is 19.6 Å². The van der Waals surface area contributed by atoms with E-state index in [-0.39, 0.29) is 17.0 Å². The van der Waals surface area contributed by atoms with Crippen molar-refractivity contribution in [2.45, 2.75) is 20.8 Å². The number of benzene rings is 1. The van der Waals surface area contributed by atoms with Crippen LogP contribution < -0.4 is 15.9 Å². The second kappa shape index (κ2) is 7.49. The molecule has 3 aromatic rings. The number of rotatable bonds is 6. The summed E-state index contributed by atoms with van der Waals surface area (Å²) in [6.07, 6.45) is 1.57. The molecule has 0 saturated carbocycles. The Bertz CT molecular complexity index is 973. The first kappa shape index (κ1) is 17.8. The van der Waals surface area contributed by atoms with Gasteiger partial charge in [0.05, 0.1) is 13.1 Å². The highest BCUT2D eigenvalue weighted by Gasteiger charge is 2.17. The van der Waals surface area contributed by atoms with Crippen LogP contribution in [0.1, 0.15) is 19.7 Å². The Balaban J connectivity index is 1.97. The van der Waals surface area contributed by atoms with Crippen LogP contribution in [0.4, 0.5) is 0 Å². The number of amides is 1. The lowest BCUT2D eigenvalue weighted by atomic mass is 10.3. The summed E-state index contributed by atoms with van der Waals surface area (Å²) in [6.45, 7) is 7.72. The van der Waals surface area contributed by atoms with Crippen molar-refractivity contribution < 1.29 is 9.69 Å². The average molecular weight is 355 g/mol. The highest BCUT2D eigenvalue weighted by Crippen LogP contribution is 2.13. The van der Waals surface area contributed by atoms with E-state index in [1.165, 1.54) is 4.68 Å². The lowest BCUT2D eigenvalue weighted by Gasteiger charge is -2.16. The van der Waals surface area contributed by atoms with E-state index >= 15 is 0 Å². The lowest BCUT2D eigenvalue weighted by molar-refractivity contribution is -0.888. The minimum atomic E-state index is -0.384. The molecular formula is C18H23N6O2+. The fourth-order valence-electron chi connectivity index (χ4n) is 2.86. The van der Waals surface area contributed by atoms with Crippen LogP contribution in [0.3, 0.4) is 0 Å². The van der Waals surface area contributed by atoms with Gasteiger partial charge in [0, 0.05) is 5.69 Å². The van der Waals surface area contributed by atoms with Crippen LogP contribution in [-0.4, -0.2) is 44.8 Å². The molecule has 26 heavy (non-hydrogen) atoms. The van der Waals surface area contributed by atoms with E-state index in [0.717, 1.165) is 23.7 Å². The van der Waals surface area contributed by atoms with Crippen LogP contribution in [-0.2, 0) is 4.79 Å². The third-order valence-corrected chi connectivity index (χ3v) is 4.42. The Kier molecular flexibility index (Phi) is 5.13. The second-order valence-electron chi connectivity index (χ2n) is 6.09. The molecule has 0 fully saturated rings. The summed E-state index contributed by atoms with van der Waals surface area (Å²) < 4.78 is 2.94. The molecule has 8 nitrogen and oxygen atoms in total. The third-order valence-electron chi connectivity index (χ3n) is 4.42. The van der Waals surface area contributed by atoms with Gasteiger partial charge in [0.2, 0.25) is 0 Å². The topological polar surface area (TPSA) is 86.2 Å². The normalized spacial score (nSPS) is 11.2. The number of nitrogens with zero attached hydrogens (tertiary/aromatic N) is 4. The summed E-state index contributed by atoms with van der Waals surface area (Å²) in [5.74, 6) is 0.181. The van der Waals surface area contributed by atoms with E-state index in [1.807, 2.05) is 44.2 Å². The smallest absolute Gasteiger partial charge is 0.300 e. The fraction of sp³-hybridized carbons (Fsp3) is 0.333. The quantitative estimate of drug-likeness (QED) is 0.646. The van der Waals surface area contributed by atoms with Gasteiger partial charge in [-0.2, -0.15) is 0 Å². The Hall–Kier alpha value is -3.00. The van der Waals surface area contributed by atoms with Crippen molar-refractivity contribution >= 4 is 17.1 Å². The molecule has 0 atom stereocenters. The number of carbonyl (C=O) groups excluding carboxylic acids is 1. The zero-order valence-electron chi connectivity index (χ0n) is 15.2. The summed E-state index contributed by atoms with van der Waals surface area (Å²) in [5, 5.41) is 0. The highest BCUT2D eigenvalue weighted by molar-refractivity contribution is 5.85. The maximum absolute atomic E-state index is 12.8. The van der Waals surface area contributed by atoms with Gasteiger partial charge >= 0.3 is 5.56 Å². The molecule has 0 aliphatic rings. The number of nitrogens with one attached hydrogen (secondary N) is 2. The van der Waals surface area contributed by atoms with Crippen LogP contribution in [0.2, 0.25) is 0 Å². The molecule has 0 radical (unpaired) electrons. The Morgan fingerprint density at radius 2 is 1.88 bits per heavy atom. The van der Waals surface area contributed by atoms with Gasteiger partial charge in [0.25, 0.3) is 5.91 Å². The number of imidazole rings is 1. The number of fused-ring (bicyclic) bond motifs is 1. The number of carbonyl (C=O) groups is 1. The van der Waals surface area contributed by atoms with Crippen molar-refractivity contribution in [2.75, 3.05) is 25.1 Å². The molecule has 0 aliphatic carbocycles. The van der Waals surface area contributed by atoms with E-state index in [9.17, 15) is 9.59 Å². The molecule has 136 valence electrons. The van der Waals surface area contributed by atoms with Gasteiger partial charge in [-0.1, -0.05) is 18.2 Å². The molecule has 3 rings (SSSR count). The number of aryl methyl sites for hydroxylation is 1. The van der Waals surface area contributed by atoms with Crippen molar-refractivity contribution in [3.8, 4) is 5.69 Å². The van der Waals surface area contributed by atoms with Gasteiger partial charge in [0.15, 0.2) is 17.7 Å². The van der Waals surface area contributed by atoms with Gasteiger partial charge in [-0.25, -0.2) is 14.6 Å². The molecule has 0 bridgehead atoms. The SMILES string of the molecule is CC[NH+](CC)CC(=O)Nn1c(C)nc2c(ncn2-c2ccccc2)c1=O. The zero-order chi connectivity index (χ0) is 18.7. The van der Waals surface area contributed by atoms with Crippen LogP contribution in [0.15, 0.2) is 41.5 Å². The van der Waals surface area contributed by atoms with E-state index in [1.54, 1.807) is 17.8 Å². The summed E-state index contributed by atoms with van der Waals surface area (Å²) in [5.41, 5.74) is 3.82. The molecule has 0 saturated heterocycles. The fourth-order valence-corrected chi connectivity index (χ4v) is 2.86. The predicted molar refractivity (Wildman–Crippen MR) is 99.1 cm³/mol. The maximum Gasteiger partial charge on any atom is 0.300 e. The number of hydrogen-bond donors (Lipinski definition) is 2. The molecule has 0 aliphatic heterocycles. The Morgan fingerprint density at radius 1 is 1.19 bits per heavy atom. The van der Waals surface area contributed by atoms with Crippen molar-refractivity contribution in [3.05, 3.63) is 52.8 Å². The first-order valence-electron chi connectivity index (χ1n) is 8.70. The van der Waals surface area contributed by atoms with Crippen molar-refractivity contribution in [1.82, 2.24) is 19.2 Å². The highest BCUT2D eigenvalue weighted by atomic mass is 16.2. The maximum atomic E-state index is 12.8. The molecule has 0 unspecified atom stereocenters. The van der Waals surface area contributed by atoms with Crippen molar-refractivity contribution in [2.24, 2.45) is 0 Å². The minimum absolute atomic E-state index is 0.218. The summed E-state index contributed by atoms with van der Waals surface area (Å²) in [6, 6.07) is 9.56. The number of likely N-dealkylation sites (N-methyl/N-ethyl adjacent to an activating group) is 1. The first-order chi connectivity index (χ1) is 12.5. The lowest BCUT2D eigenvalue weighted by Crippen LogP contribution is -3.12. The monoisotopic (exact) mass is 355 g/mol. The number of hydrogen-bond acceptors (Lipinski definition) is 4. The molecule has 2 aromatic heterocycles. The molecule has 1 aromatic carbocycles. The second-order valence-corrected chi connectivity index (χ2v) is 6.09.